The van der Waals surface area contributed by atoms with E-state index in [1.54, 1.807) is 6.20 Å². The lowest BCUT2D eigenvalue weighted by molar-refractivity contribution is -0.149. The molecule has 3 atom stereocenters. The van der Waals surface area contributed by atoms with Crippen LogP contribution < -0.4 is 16.4 Å². The molecule has 3 aromatic heterocycles. The lowest BCUT2D eigenvalue weighted by Gasteiger charge is -2.24. The fourth-order valence-electron chi connectivity index (χ4n) is 5.55. The number of hydrogen-bond acceptors (Lipinski definition) is 6. The highest BCUT2D eigenvalue weighted by molar-refractivity contribution is 5.93. The van der Waals surface area contributed by atoms with Gasteiger partial charge < -0.3 is 36.1 Å². The van der Waals surface area contributed by atoms with Gasteiger partial charge in [-0.2, -0.15) is 0 Å². The van der Waals surface area contributed by atoms with Crippen molar-refractivity contribution in [2.24, 2.45) is 5.73 Å². The predicted molar refractivity (Wildman–Crippen MR) is 174 cm³/mol. The summed E-state index contributed by atoms with van der Waals surface area (Å²) in [4.78, 5) is 54.3. The molecule has 0 bridgehead atoms. The number of benzene rings is 3. The smallest absolute Gasteiger partial charge is 0.329 e. The number of imidazole rings is 1. The molecule has 0 aliphatic carbocycles. The summed E-state index contributed by atoms with van der Waals surface area (Å²) in [6, 6.07) is 21.8. The zero-order valence-corrected chi connectivity index (χ0v) is 25.0. The molecule has 3 aromatic carbocycles. The van der Waals surface area contributed by atoms with Gasteiger partial charge in [-0.05, 0) is 28.8 Å². The molecule has 11 nitrogen and oxygen atoms in total. The van der Waals surface area contributed by atoms with Crippen molar-refractivity contribution in [3.8, 4) is 0 Å². The second kappa shape index (κ2) is 14.0. The Kier molecular flexibility index (Phi) is 9.21. The van der Waals surface area contributed by atoms with Crippen LogP contribution in [0.15, 0.2) is 104 Å². The number of nitrogens with zero attached hydrogens (tertiary/aromatic N) is 1. The molecule has 234 valence electrons. The van der Waals surface area contributed by atoms with Crippen LogP contribution in [0.1, 0.15) is 22.4 Å². The van der Waals surface area contributed by atoms with Crippen LogP contribution in [0, 0.1) is 0 Å². The SMILES string of the molecule is N[C@@H](Cc1cnc[nH]1)C(=O)N[C@@H](Cc1c[nH]c2ccccc12)C(=O)N[C@@H](Cc1c[nH]c2ccccc12)C(=O)OCc1ccccc1. The molecule has 2 amide bonds. The average Bonchev–Trinajstić information content (AvgIpc) is 3.84. The molecule has 0 radical (unpaired) electrons. The van der Waals surface area contributed by atoms with Gasteiger partial charge in [0.15, 0.2) is 0 Å². The van der Waals surface area contributed by atoms with E-state index in [0.29, 0.717) is 5.69 Å². The minimum Gasteiger partial charge on any atom is -0.459 e. The number of fused-ring (bicyclic) bond motifs is 2. The number of hydrogen-bond donors (Lipinski definition) is 6. The average molecular weight is 618 g/mol. The van der Waals surface area contributed by atoms with Crippen LogP contribution in [0.5, 0.6) is 0 Å². The van der Waals surface area contributed by atoms with Gasteiger partial charge in [0.2, 0.25) is 11.8 Å². The summed E-state index contributed by atoms with van der Waals surface area (Å²) in [5, 5.41) is 7.60. The first-order chi connectivity index (χ1) is 22.4. The molecule has 0 aliphatic heterocycles. The van der Waals surface area contributed by atoms with E-state index in [-0.39, 0.29) is 25.9 Å². The van der Waals surface area contributed by atoms with Crippen molar-refractivity contribution in [3.63, 3.8) is 0 Å². The van der Waals surface area contributed by atoms with E-state index in [4.69, 9.17) is 10.5 Å². The highest BCUT2D eigenvalue weighted by atomic mass is 16.5. The van der Waals surface area contributed by atoms with Crippen molar-refractivity contribution in [1.82, 2.24) is 30.6 Å². The van der Waals surface area contributed by atoms with Crippen LogP contribution in [-0.4, -0.2) is 55.8 Å². The van der Waals surface area contributed by atoms with Crippen molar-refractivity contribution < 1.29 is 19.1 Å². The number of amides is 2. The number of carbonyl (C=O) groups is 3. The number of aromatic nitrogens is 4. The molecule has 6 rings (SSSR count). The lowest BCUT2D eigenvalue weighted by atomic mass is 10.0. The number of H-pyrrole nitrogens is 3. The first-order valence-corrected chi connectivity index (χ1v) is 15.1. The Morgan fingerprint density at radius 2 is 1.30 bits per heavy atom. The molecular weight excluding hydrogens is 582 g/mol. The number of para-hydroxylation sites is 2. The van der Waals surface area contributed by atoms with Crippen molar-refractivity contribution in [3.05, 3.63) is 126 Å². The molecule has 11 heteroatoms. The fraction of sp³-hybridized carbons (Fsp3) is 0.200. The normalized spacial score (nSPS) is 13.2. The van der Waals surface area contributed by atoms with Crippen LogP contribution in [0.2, 0.25) is 0 Å². The zero-order valence-electron chi connectivity index (χ0n) is 25.0. The summed E-state index contributed by atoms with van der Waals surface area (Å²) >= 11 is 0. The third-order valence-corrected chi connectivity index (χ3v) is 7.99. The highest BCUT2D eigenvalue weighted by Gasteiger charge is 2.30. The summed E-state index contributed by atoms with van der Waals surface area (Å²) in [5.41, 5.74) is 11.2. The van der Waals surface area contributed by atoms with Crippen LogP contribution in [0.4, 0.5) is 0 Å². The van der Waals surface area contributed by atoms with Gasteiger partial charge in [0.25, 0.3) is 0 Å². The van der Waals surface area contributed by atoms with Crippen LogP contribution in [0.3, 0.4) is 0 Å². The summed E-state index contributed by atoms with van der Waals surface area (Å²) in [7, 11) is 0. The number of carbonyl (C=O) groups excluding carboxylic acids is 3. The minimum absolute atomic E-state index is 0.0535. The molecule has 0 unspecified atom stereocenters. The number of nitrogens with two attached hydrogens (primary N) is 1. The first kappa shape index (κ1) is 30.4. The molecule has 0 saturated heterocycles. The zero-order chi connectivity index (χ0) is 31.9. The van der Waals surface area contributed by atoms with Gasteiger partial charge in [0, 0.05) is 65.4 Å². The summed E-state index contributed by atoms with van der Waals surface area (Å²) in [5.74, 6) is -1.63. The molecule has 7 N–H and O–H groups in total. The van der Waals surface area contributed by atoms with Gasteiger partial charge in [0.1, 0.15) is 18.7 Å². The largest absolute Gasteiger partial charge is 0.459 e. The summed E-state index contributed by atoms with van der Waals surface area (Å²) in [6.45, 7) is 0.0535. The van der Waals surface area contributed by atoms with E-state index in [2.05, 4.69) is 30.6 Å². The van der Waals surface area contributed by atoms with E-state index in [1.165, 1.54) is 6.33 Å². The molecule has 0 saturated carbocycles. The Morgan fingerprint density at radius 1 is 0.717 bits per heavy atom. The Balaban J connectivity index is 1.25. The van der Waals surface area contributed by atoms with Crippen LogP contribution in [-0.2, 0) is 45.0 Å². The summed E-state index contributed by atoms with van der Waals surface area (Å²) in [6.07, 6.45) is 7.31. The number of ether oxygens (including phenoxy) is 1. The topological polar surface area (TPSA) is 171 Å². The quantitative estimate of drug-likeness (QED) is 0.108. The van der Waals surface area contributed by atoms with Gasteiger partial charge in [-0.25, -0.2) is 9.78 Å². The Bertz CT molecular complexity index is 1930. The van der Waals surface area contributed by atoms with Gasteiger partial charge in [-0.3, -0.25) is 9.59 Å². The third-order valence-electron chi connectivity index (χ3n) is 7.99. The minimum atomic E-state index is -1.04. The second-order valence-corrected chi connectivity index (χ2v) is 11.2. The maximum Gasteiger partial charge on any atom is 0.329 e. The first-order valence-electron chi connectivity index (χ1n) is 15.1. The molecule has 0 aliphatic rings. The molecule has 0 spiro atoms. The van der Waals surface area contributed by atoms with Gasteiger partial charge >= 0.3 is 5.97 Å². The van der Waals surface area contributed by atoms with E-state index in [1.807, 2.05) is 91.3 Å². The predicted octanol–water partition coefficient (Wildman–Crippen LogP) is 3.44. The monoisotopic (exact) mass is 617 g/mol. The van der Waals surface area contributed by atoms with E-state index in [9.17, 15) is 14.4 Å². The van der Waals surface area contributed by atoms with Crippen molar-refractivity contribution in [1.29, 1.82) is 0 Å². The van der Waals surface area contributed by atoms with E-state index >= 15 is 0 Å². The van der Waals surface area contributed by atoms with Crippen molar-refractivity contribution in [2.45, 2.75) is 44.0 Å². The lowest BCUT2D eigenvalue weighted by Crippen LogP contribution is -2.56. The molecule has 46 heavy (non-hydrogen) atoms. The fourth-order valence-corrected chi connectivity index (χ4v) is 5.55. The second-order valence-electron chi connectivity index (χ2n) is 11.2. The molecule has 0 fully saturated rings. The third kappa shape index (κ3) is 7.16. The number of rotatable bonds is 13. The standard InChI is InChI=1S/C35H35N7O4/c36-28(16-25-19-37-21-40-25)33(43)41-31(14-23-17-38-29-12-6-4-10-26(23)29)34(44)42-32(35(45)46-20-22-8-2-1-3-9-22)15-24-18-39-30-13-7-5-11-27(24)30/h1-13,17-19,21,28,31-32,38-39H,14-16,20,36H2,(H,37,40)(H,41,43)(H,42,44)/t28-,31-,32-/m0/s1. The molecule has 3 heterocycles. The highest BCUT2D eigenvalue weighted by Crippen LogP contribution is 2.21. The maximum absolute atomic E-state index is 14.1. The maximum atomic E-state index is 14.1. The van der Waals surface area contributed by atoms with Gasteiger partial charge in [-0.1, -0.05) is 66.7 Å². The van der Waals surface area contributed by atoms with E-state index in [0.717, 1.165) is 38.5 Å². The number of esters is 1. The number of nitrogens with one attached hydrogen (secondary N) is 5. The molecule has 6 aromatic rings. The van der Waals surface area contributed by atoms with Crippen LogP contribution in [0.25, 0.3) is 21.8 Å². The van der Waals surface area contributed by atoms with Crippen molar-refractivity contribution in [2.75, 3.05) is 0 Å². The van der Waals surface area contributed by atoms with E-state index < -0.39 is 35.9 Å². The Morgan fingerprint density at radius 3 is 1.93 bits per heavy atom. The molecular formula is C35H35N7O4. The van der Waals surface area contributed by atoms with Gasteiger partial charge in [-0.15, -0.1) is 0 Å². The van der Waals surface area contributed by atoms with Crippen molar-refractivity contribution >= 4 is 39.6 Å². The Labute approximate surface area is 265 Å². The number of aromatic amines is 3. The van der Waals surface area contributed by atoms with Gasteiger partial charge in [0.05, 0.1) is 12.4 Å². The van der Waals surface area contributed by atoms with Crippen LogP contribution >= 0.6 is 0 Å². The Hall–Kier alpha value is -5.68. The summed E-state index contributed by atoms with van der Waals surface area (Å²) < 4.78 is 5.69.